The number of nitrogens with one attached hydrogen (secondary N) is 1. The zero-order valence-electron chi connectivity index (χ0n) is 9.61. The molecule has 94 valence electrons. The fourth-order valence-electron chi connectivity index (χ4n) is 1.59. The molecule has 0 saturated heterocycles. The van der Waals surface area contributed by atoms with Crippen molar-refractivity contribution in [3.8, 4) is 0 Å². The first-order valence-corrected chi connectivity index (χ1v) is 5.05. The van der Waals surface area contributed by atoms with Gasteiger partial charge in [0.2, 0.25) is 5.96 Å². The molecule has 2 rings (SSSR count). The lowest BCUT2D eigenvalue weighted by Crippen LogP contribution is -2.26. The third-order valence-corrected chi connectivity index (χ3v) is 2.26. The molecule has 8 heteroatoms. The first-order valence-electron chi connectivity index (χ1n) is 5.05. The largest absolute Gasteiger partial charge is 0.370 e. The number of aromatic nitrogens is 2. The van der Waals surface area contributed by atoms with E-state index in [0.717, 1.165) is 0 Å². The maximum Gasteiger partial charge on any atom is 0.223 e. The van der Waals surface area contributed by atoms with Crippen LogP contribution in [0.5, 0.6) is 0 Å². The topological polar surface area (TPSA) is 131 Å². The van der Waals surface area contributed by atoms with Crippen LogP contribution < -0.4 is 17.2 Å². The Kier molecular flexibility index (Phi) is 2.84. The average molecular weight is 249 g/mol. The van der Waals surface area contributed by atoms with Crippen molar-refractivity contribution in [2.45, 2.75) is 6.92 Å². The molecule has 7 N–H and O–H groups in total. The smallest absolute Gasteiger partial charge is 0.223 e. The Morgan fingerprint density at radius 3 is 2.72 bits per heavy atom. The number of hydrogen-bond acceptors (Lipinski definition) is 2. The van der Waals surface area contributed by atoms with Crippen molar-refractivity contribution in [3.05, 3.63) is 23.6 Å². The molecule has 0 fully saturated rings. The van der Waals surface area contributed by atoms with Crippen LogP contribution in [0.1, 0.15) is 5.69 Å². The van der Waals surface area contributed by atoms with E-state index in [1.54, 1.807) is 13.0 Å². The van der Waals surface area contributed by atoms with Crippen LogP contribution in [0.3, 0.4) is 0 Å². The van der Waals surface area contributed by atoms with Gasteiger partial charge in [-0.2, -0.15) is 10.1 Å². The van der Waals surface area contributed by atoms with E-state index in [9.17, 15) is 4.39 Å². The molecule has 1 aromatic heterocycles. The summed E-state index contributed by atoms with van der Waals surface area (Å²) < 4.78 is 13.8. The van der Waals surface area contributed by atoms with Gasteiger partial charge in [0, 0.05) is 11.8 Å². The van der Waals surface area contributed by atoms with Gasteiger partial charge in [0.15, 0.2) is 5.96 Å². The number of aliphatic imine (C=N–C) groups is 2. The molecule has 18 heavy (non-hydrogen) atoms. The normalized spacial score (nSPS) is 11.8. The number of aromatic amines is 1. The number of aryl methyl sites for hydroxylation is 1. The Bertz CT molecular complexity index is 652. The number of rotatable bonds is 1. The third kappa shape index (κ3) is 2.21. The van der Waals surface area contributed by atoms with Gasteiger partial charge in [0.1, 0.15) is 5.82 Å². The molecule has 0 aliphatic rings. The molecule has 0 atom stereocenters. The Hall–Kier alpha value is -2.64. The summed E-state index contributed by atoms with van der Waals surface area (Å²) in [4.78, 5) is 7.41. The molecule has 0 unspecified atom stereocenters. The molecule has 1 aromatic carbocycles. The maximum absolute atomic E-state index is 13.8. The highest BCUT2D eigenvalue weighted by Gasteiger charge is 2.09. The van der Waals surface area contributed by atoms with Gasteiger partial charge in [-0.05, 0) is 13.0 Å². The van der Waals surface area contributed by atoms with Gasteiger partial charge in [0.05, 0.1) is 16.6 Å². The minimum absolute atomic E-state index is 0.152. The van der Waals surface area contributed by atoms with Crippen LogP contribution in [-0.4, -0.2) is 22.1 Å². The molecule has 0 spiro atoms. The van der Waals surface area contributed by atoms with Crippen molar-refractivity contribution in [1.82, 2.24) is 10.2 Å². The van der Waals surface area contributed by atoms with Crippen LogP contribution >= 0.6 is 0 Å². The fourth-order valence-corrected chi connectivity index (χ4v) is 1.59. The maximum atomic E-state index is 13.8. The molecular formula is C10H12FN7. The minimum Gasteiger partial charge on any atom is -0.370 e. The van der Waals surface area contributed by atoms with E-state index in [0.29, 0.717) is 16.6 Å². The number of nitrogens with zero attached hydrogens (tertiary/aromatic N) is 3. The van der Waals surface area contributed by atoms with E-state index in [4.69, 9.17) is 17.2 Å². The van der Waals surface area contributed by atoms with E-state index in [2.05, 4.69) is 20.2 Å². The highest BCUT2D eigenvalue weighted by molar-refractivity contribution is 5.94. The van der Waals surface area contributed by atoms with Crippen molar-refractivity contribution < 1.29 is 4.39 Å². The number of guanidine groups is 2. The lowest BCUT2D eigenvalue weighted by Gasteiger charge is -1.98. The Morgan fingerprint density at radius 2 is 2.06 bits per heavy atom. The molecule has 1 heterocycles. The number of halogens is 1. The molecule has 0 aliphatic carbocycles. The lowest BCUT2D eigenvalue weighted by atomic mass is 10.2. The van der Waals surface area contributed by atoms with Gasteiger partial charge in [-0.25, -0.2) is 9.38 Å². The first kappa shape index (κ1) is 11.8. The van der Waals surface area contributed by atoms with Crippen molar-refractivity contribution in [2.75, 3.05) is 0 Å². The quantitative estimate of drug-likeness (QED) is 0.425. The Morgan fingerprint density at radius 1 is 1.33 bits per heavy atom. The zero-order valence-corrected chi connectivity index (χ0v) is 9.61. The number of fused-ring (bicyclic) bond motifs is 1. The predicted molar refractivity (Wildman–Crippen MR) is 67.9 cm³/mol. The van der Waals surface area contributed by atoms with Crippen LogP contribution in [0.15, 0.2) is 22.1 Å². The molecule has 0 saturated carbocycles. The van der Waals surface area contributed by atoms with Gasteiger partial charge < -0.3 is 17.2 Å². The number of hydrogen-bond donors (Lipinski definition) is 4. The number of nitrogens with two attached hydrogens (primary N) is 3. The number of benzene rings is 1. The SMILES string of the molecule is Cc1[nH]nc2cc(N=C(N)N=C(N)N)cc(F)c12. The van der Waals surface area contributed by atoms with Crippen molar-refractivity contribution in [1.29, 1.82) is 0 Å². The average Bonchev–Trinajstić information content (AvgIpc) is 2.58. The van der Waals surface area contributed by atoms with Gasteiger partial charge in [-0.3, -0.25) is 5.10 Å². The number of H-pyrrole nitrogens is 1. The van der Waals surface area contributed by atoms with E-state index in [-0.39, 0.29) is 17.6 Å². The van der Waals surface area contributed by atoms with Crippen LogP contribution in [0.2, 0.25) is 0 Å². The third-order valence-electron chi connectivity index (χ3n) is 2.26. The Balaban J connectivity index is 2.51. The molecular weight excluding hydrogens is 237 g/mol. The second kappa shape index (κ2) is 4.32. The molecule has 0 aliphatic heterocycles. The molecule has 7 nitrogen and oxygen atoms in total. The summed E-state index contributed by atoms with van der Waals surface area (Å²) in [5.74, 6) is -0.801. The zero-order chi connectivity index (χ0) is 13.3. The summed E-state index contributed by atoms with van der Waals surface area (Å²) in [6.07, 6.45) is 0. The van der Waals surface area contributed by atoms with E-state index in [1.165, 1.54) is 6.07 Å². The van der Waals surface area contributed by atoms with Gasteiger partial charge in [-0.1, -0.05) is 0 Å². The molecule has 0 bridgehead atoms. The van der Waals surface area contributed by atoms with Crippen LogP contribution in [-0.2, 0) is 0 Å². The summed E-state index contributed by atoms with van der Waals surface area (Å²) >= 11 is 0. The van der Waals surface area contributed by atoms with Gasteiger partial charge in [0.25, 0.3) is 0 Å². The fraction of sp³-hybridized carbons (Fsp3) is 0.100. The minimum atomic E-state index is -0.435. The molecule has 0 amide bonds. The second-order valence-electron chi connectivity index (χ2n) is 3.68. The summed E-state index contributed by atoms with van der Waals surface area (Å²) in [7, 11) is 0. The highest BCUT2D eigenvalue weighted by atomic mass is 19.1. The predicted octanol–water partition coefficient (Wildman–Crippen LogP) is 0.230. The van der Waals surface area contributed by atoms with E-state index >= 15 is 0 Å². The lowest BCUT2D eigenvalue weighted by molar-refractivity contribution is 0.639. The van der Waals surface area contributed by atoms with Crippen LogP contribution in [0, 0.1) is 12.7 Å². The first-order chi connectivity index (χ1) is 8.47. The van der Waals surface area contributed by atoms with Gasteiger partial charge >= 0.3 is 0 Å². The van der Waals surface area contributed by atoms with Gasteiger partial charge in [-0.15, -0.1) is 0 Å². The second-order valence-corrected chi connectivity index (χ2v) is 3.68. The Labute approximate surface area is 102 Å². The van der Waals surface area contributed by atoms with Crippen LogP contribution in [0.25, 0.3) is 10.9 Å². The molecule has 2 aromatic rings. The highest BCUT2D eigenvalue weighted by Crippen LogP contribution is 2.25. The summed E-state index contributed by atoms with van der Waals surface area (Å²) in [6, 6.07) is 2.82. The monoisotopic (exact) mass is 249 g/mol. The summed E-state index contributed by atoms with van der Waals surface area (Å²) in [6.45, 7) is 1.73. The summed E-state index contributed by atoms with van der Waals surface area (Å²) in [5.41, 5.74) is 17.1. The summed E-state index contributed by atoms with van der Waals surface area (Å²) in [5, 5.41) is 7.07. The van der Waals surface area contributed by atoms with Crippen LogP contribution in [0.4, 0.5) is 10.1 Å². The molecule has 0 radical (unpaired) electrons. The van der Waals surface area contributed by atoms with Crippen molar-refractivity contribution in [2.24, 2.45) is 27.2 Å². The van der Waals surface area contributed by atoms with Crippen molar-refractivity contribution >= 4 is 28.5 Å². The van der Waals surface area contributed by atoms with E-state index < -0.39 is 5.82 Å². The van der Waals surface area contributed by atoms with Crippen molar-refractivity contribution in [3.63, 3.8) is 0 Å². The standard InChI is InChI=1S/C10H12FN7/c1-4-8-6(11)2-5(3-7(8)18-17-4)15-10(14)16-9(12)13/h2-3H,1H3,(H,17,18)(H6,12,13,14,15,16). The van der Waals surface area contributed by atoms with E-state index in [1.807, 2.05) is 0 Å².